The summed E-state index contributed by atoms with van der Waals surface area (Å²) >= 11 is 0. The van der Waals surface area contributed by atoms with Gasteiger partial charge in [-0.3, -0.25) is 14.6 Å². The lowest BCUT2D eigenvalue weighted by Gasteiger charge is -2.46. The van der Waals surface area contributed by atoms with Gasteiger partial charge in [0.05, 0.1) is 17.6 Å². The number of pyridine rings is 1. The smallest absolute Gasteiger partial charge is 0.380 e. The number of rotatable bonds is 5. The van der Waals surface area contributed by atoms with Gasteiger partial charge in [0, 0.05) is 36.4 Å². The Kier molecular flexibility index (Phi) is 5.80. The number of nitrogens with zero attached hydrogens (tertiary/aromatic N) is 2. The van der Waals surface area contributed by atoms with Gasteiger partial charge in [-0.25, -0.2) is 0 Å². The summed E-state index contributed by atoms with van der Waals surface area (Å²) in [6.45, 7) is 4.31. The standard InChI is InChI=1S/C27H31F3N4O2/c1-25(2)19-7-5-4-6-16(19)12-21(25)32-18-8-9-20(31-15-18)23(27(28,29)30)34(3)24(36)17-13-26(14-17)11-10-22(35)33-26/h4-9,15,17,21,23,32H,10-14H2,1-3H3,(H,33,35). The molecule has 0 radical (unpaired) electrons. The molecule has 36 heavy (non-hydrogen) atoms. The van der Waals surface area contributed by atoms with E-state index in [1.807, 2.05) is 12.1 Å². The number of fused-ring (bicyclic) bond motifs is 1. The molecular weight excluding hydrogens is 469 g/mol. The van der Waals surface area contributed by atoms with Crippen LogP contribution in [0.1, 0.15) is 62.4 Å². The number of alkyl halides is 3. The lowest BCUT2D eigenvalue weighted by atomic mass is 9.67. The van der Waals surface area contributed by atoms with Crippen molar-refractivity contribution in [3.8, 4) is 0 Å². The van der Waals surface area contributed by atoms with Crippen molar-refractivity contribution in [2.45, 2.75) is 75.2 Å². The molecule has 1 spiro atoms. The molecular formula is C27H31F3N4O2. The van der Waals surface area contributed by atoms with Crippen LogP contribution in [0.2, 0.25) is 0 Å². The van der Waals surface area contributed by atoms with Gasteiger partial charge >= 0.3 is 6.18 Å². The molecule has 2 fully saturated rings. The van der Waals surface area contributed by atoms with Crippen LogP contribution in [0.15, 0.2) is 42.6 Å². The molecule has 2 aromatic rings. The van der Waals surface area contributed by atoms with E-state index >= 15 is 0 Å². The average molecular weight is 501 g/mol. The van der Waals surface area contributed by atoms with Gasteiger partial charge in [-0.2, -0.15) is 13.2 Å². The minimum Gasteiger partial charge on any atom is -0.380 e. The van der Waals surface area contributed by atoms with E-state index in [-0.39, 0.29) is 23.1 Å². The quantitative estimate of drug-likeness (QED) is 0.633. The van der Waals surface area contributed by atoms with E-state index in [2.05, 4.69) is 41.6 Å². The first kappa shape index (κ1) is 24.6. The lowest BCUT2D eigenvalue weighted by molar-refractivity contribution is -0.193. The van der Waals surface area contributed by atoms with E-state index in [0.717, 1.165) is 11.3 Å². The van der Waals surface area contributed by atoms with Crippen molar-refractivity contribution in [2.75, 3.05) is 12.4 Å². The third-order valence-electron chi connectivity index (χ3n) is 8.32. The number of hydrogen-bond donors (Lipinski definition) is 2. The number of aromatic nitrogens is 1. The van der Waals surface area contributed by atoms with Crippen LogP contribution in [-0.2, 0) is 21.4 Å². The summed E-state index contributed by atoms with van der Waals surface area (Å²) in [4.78, 5) is 29.4. The Bertz CT molecular complexity index is 1170. The summed E-state index contributed by atoms with van der Waals surface area (Å²) in [5.74, 6) is -1.17. The normalized spacial score (nSPS) is 27.2. The summed E-state index contributed by atoms with van der Waals surface area (Å²) in [6, 6.07) is 9.13. The number of anilines is 1. The van der Waals surface area contributed by atoms with Gasteiger partial charge in [0.25, 0.3) is 0 Å². The van der Waals surface area contributed by atoms with Crippen LogP contribution in [0.4, 0.5) is 18.9 Å². The first-order valence-electron chi connectivity index (χ1n) is 12.3. The van der Waals surface area contributed by atoms with Gasteiger partial charge in [-0.15, -0.1) is 0 Å². The highest BCUT2D eigenvalue weighted by molar-refractivity contribution is 5.84. The summed E-state index contributed by atoms with van der Waals surface area (Å²) in [7, 11) is 1.19. The molecule has 1 aliphatic heterocycles. The molecule has 1 saturated heterocycles. The van der Waals surface area contributed by atoms with Gasteiger partial charge in [0.2, 0.25) is 11.8 Å². The summed E-state index contributed by atoms with van der Waals surface area (Å²) in [6.07, 6.45) is -0.666. The molecule has 2 aliphatic carbocycles. The first-order chi connectivity index (χ1) is 16.9. The van der Waals surface area contributed by atoms with Gasteiger partial charge in [0.1, 0.15) is 0 Å². The summed E-state index contributed by atoms with van der Waals surface area (Å²) < 4.78 is 42.4. The van der Waals surface area contributed by atoms with E-state index in [9.17, 15) is 22.8 Å². The van der Waals surface area contributed by atoms with Crippen molar-refractivity contribution in [1.82, 2.24) is 15.2 Å². The number of hydrogen-bond acceptors (Lipinski definition) is 4. The number of carbonyl (C=O) groups excluding carboxylic acids is 2. The second-order valence-corrected chi connectivity index (χ2v) is 11.1. The zero-order valence-electron chi connectivity index (χ0n) is 20.7. The maximum Gasteiger partial charge on any atom is 0.414 e. The molecule has 1 saturated carbocycles. The Hall–Kier alpha value is -3.10. The molecule has 2 N–H and O–H groups in total. The van der Waals surface area contributed by atoms with Crippen molar-refractivity contribution in [2.24, 2.45) is 5.92 Å². The van der Waals surface area contributed by atoms with E-state index in [0.29, 0.717) is 31.4 Å². The lowest BCUT2D eigenvalue weighted by Crippen LogP contribution is -2.57. The van der Waals surface area contributed by atoms with Crippen molar-refractivity contribution in [3.63, 3.8) is 0 Å². The zero-order chi connectivity index (χ0) is 25.9. The molecule has 2 unspecified atom stereocenters. The molecule has 1 aromatic heterocycles. The highest BCUT2D eigenvalue weighted by Gasteiger charge is 2.54. The Morgan fingerprint density at radius 3 is 2.50 bits per heavy atom. The molecule has 192 valence electrons. The molecule has 2 atom stereocenters. The van der Waals surface area contributed by atoms with Gasteiger partial charge in [-0.1, -0.05) is 38.1 Å². The number of benzene rings is 1. The fraction of sp³-hybridized carbons (Fsp3) is 0.519. The second kappa shape index (κ2) is 8.49. The topological polar surface area (TPSA) is 74.3 Å². The Morgan fingerprint density at radius 1 is 1.19 bits per heavy atom. The maximum atomic E-state index is 14.1. The average Bonchev–Trinajstić information content (AvgIpc) is 3.30. The number of halogens is 3. The third kappa shape index (κ3) is 4.22. The third-order valence-corrected chi connectivity index (χ3v) is 8.32. The minimum atomic E-state index is -4.68. The molecule has 2 amide bonds. The molecule has 3 aliphatic rings. The minimum absolute atomic E-state index is 0.0646. The Balaban J connectivity index is 1.29. The number of amides is 2. The van der Waals surface area contributed by atoms with Crippen LogP contribution in [0.5, 0.6) is 0 Å². The van der Waals surface area contributed by atoms with Gasteiger partial charge in [-0.05, 0) is 48.9 Å². The molecule has 6 nitrogen and oxygen atoms in total. The fourth-order valence-electron chi connectivity index (χ4n) is 6.21. The summed E-state index contributed by atoms with van der Waals surface area (Å²) in [5, 5.41) is 6.32. The molecule has 2 heterocycles. The Labute approximate surface area is 208 Å². The van der Waals surface area contributed by atoms with Crippen LogP contribution in [0.3, 0.4) is 0 Å². The first-order valence-corrected chi connectivity index (χ1v) is 12.3. The van der Waals surface area contributed by atoms with E-state index in [4.69, 9.17) is 0 Å². The van der Waals surface area contributed by atoms with Crippen molar-refractivity contribution >= 4 is 17.5 Å². The predicted molar refractivity (Wildman–Crippen MR) is 129 cm³/mol. The second-order valence-electron chi connectivity index (χ2n) is 11.1. The van der Waals surface area contributed by atoms with Crippen molar-refractivity contribution < 1.29 is 22.8 Å². The monoisotopic (exact) mass is 500 g/mol. The van der Waals surface area contributed by atoms with Gasteiger partial charge in [0.15, 0.2) is 6.04 Å². The van der Waals surface area contributed by atoms with Gasteiger partial charge < -0.3 is 15.5 Å². The predicted octanol–water partition coefficient (Wildman–Crippen LogP) is 4.52. The maximum absolute atomic E-state index is 14.1. The van der Waals surface area contributed by atoms with E-state index in [1.54, 1.807) is 6.07 Å². The van der Waals surface area contributed by atoms with Crippen molar-refractivity contribution in [3.05, 3.63) is 59.4 Å². The molecule has 1 aromatic carbocycles. The highest BCUT2D eigenvalue weighted by atomic mass is 19.4. The van der Waals surface area contributed by atoms with Crippen LogP contribution < -0.4 is 10.6 Å². The number of carbonyl (C=O) groups is 2. The van der Waals surface area contributed by atoms with E-state index < -0.39 is 29.6 Å². The molecule has 0 bridgehead atoms. The highest BCUT2D eigenvalue weighted by Crippen LogP contribution is 2.46. The summed E-state index contributed by atoms with van der Waals surface area (Å²) in [5.41, 5.74) is 2.37. The van der Waals surface area contributed by atoms with Crippen LogP contribution >= 0.6 is 0 Å². The largest absolute Gasteiger partial charge is 0.414 e. The Morgan fingerprint density at radius 2 is 1.92 bits per heavy atom. The zero-order valence-corrected chi connectivity index (χ0v) is 20.7. The van der Waals surface area contributed by atoms with Crippen LogP contribution in [-0.4, -0.2) is 46.5 Å². The molecule has 9 heteroatoms. The molecule has 5 rings (SSSR count). The van der Waals surface area contributed by atoms with Crippen molar-refractivity contribution in [1.29, 1.82) is 0 Å². The van der Waals surface area contributed by atoms with E-state index in [1.165, 1.54) is 30.4 Å². The fourth-order valence-corrected chi connectivity index (χ4v) is 6.21. The van der Waals surface area contributed by atoms with Crippen LogP contribution in [0, 0.1) is 5.92 Å². The van der Waals surface area contributed by atoms with Crippen LogP contribution in [0.25, 0.3) is 0 Å². The SMILES string of the molecule is CN(C(=O)C1CC2(CCC(=O)N2)C1)C(c1ccc(NC2Cc3ccccc3C2(C)C)cn1)C(F)(F)F. The number of nitrogens with one attached hydrogen (secondary N) is 2.